The zero-order valence-corrected chi connectivity index (χ0v) is 9.60. The Labute approximate surface area is 91.1 Å². The highest BCUT2D eigenvalue weighted by atomic mass is 16.2. The van der Waals surface area contributed by atoms with Crippen LogP contribution in [-0.2, 0) is 4.79 Å². The third-order valence-corrected chi connectivity index (χ3v) is 2.66. The summed E-state index contributed by atoms with van der Waals surface area (Å²) in [5.74, 6) is 0.977. The van der Waals surface area contributed by atoms with Crippen LogP contribution in [0.2, 0.25) is 0 Å². The Bertz CT molecular complexity index is 307. The second-order valence-corrected chi connectivity index (χ2v) is 3.60. The van der Waals surface area contributed by atoms with Crippen molar-refractivity contribution in [3.8, 4) is 0 Å². The normalized spacial score (nSPS) is 10.4. The van der Waals surface area contributed by atoms with E-state index in [2.05, 4.69) is 4.98 Å². The number of aromatic nitrogens is 1. The van der Waals surface area contributed by atoms with Crippen LogP contribution in [-0.4, -0.2) is 17.9 Å². The van der Waals surface area contributed by atoms with Gasteiger partial charge in [0.25, 0.3) is 0 Å². The lowest BCUT2D eigenvalue weighted by atomic mass is 10.0. The lowest BCUT2D eigenvalue weighted by Gasteiger charge is -2.21. The van der Waals surface area contributed by atoms with Crippen molar-refractivity contribution in [1.82, 2.24) is 4.98 Å². The number of carbonyl (C=O) groups is 1. The SMILES string of the molecule is CCC(CC)C(=O)N(C)c1ccccn1. The topological polar surface area (TPSA) is 33.2 Å². The maximum Gasteiger partial charge on any atom is 0.230 e. The fraction of sp³-hybridized carbons (Fsp3) is 0.500. The van der Waals surface area contributed by atoms with Gasteiger partial charge in [-0.1, -0.05) is 19.9 Å². The first-order chi connectivity index (χ1) is 7.20. The van der Waals surface area contributed by atoms with Gasteiger partial charge in [0.05, 0.1) is 0 Å². The van der Waals surface area contributed by atoms with Crippen LogP contribution in [0.25, 0.3) is 0 Å². The number of nitrogens with zero attached hydrogens (tertiary/aromatic N) is 2. The Morgan fingerprint density at radius 1 is 1.40 bits per heavy atom. The molecule has 0 aliphatic carbocycles. The number of rotatable bonds is 4. The van der Waals surface area contributed by atoms with Gasteiger partial charge in [-0.15, -0.1) is 0 Å². The van der Waals surface area contributed by atoms with E-state index >= 15 is 0 Å². The van der Waals surface area contributed by atoms with E-state index in [1.54, 1.807) is 18.1 Å². The van der Waals surface area contributed by atoms with Crippen molar-refractivity contribution in [2.75, 3.05) is 11.9 Å². The molecule has 0 aromatic carbocycles. The summed E-state index contributed by atoms with van der Waals surface area (Å²) < 4.78 is 0. The van der Waals surface area contributed by atoms with Gasteiger partial charge in [0, 0.05) is 19.2 Å². The molecule has 0 saturated heterocycles. The van der Waals surface area contributed by atoms with Gasteiger partial charge < -0.3 is 0 Å². The summed E-state index contributed by atoms with van der Waals surface area (Å²) in [5, 5.41) is 0. The molecule has 0 saturated carbocycles. The average molecular weight is 206 g/mol. The van der Waals surface area contributed by atoms with E-state index in [0.717, 1.165) is 18.7 Å². The molecule has 1 amide bonds. The maximum absolute atomic E-state index is 12.0. The van der Waals surface area contributed by atoms with Crippen LogP contribution < -0.4 is 4.90 Å². The molecule has 0 N–H and O–H groups in total. The lowest BCUT2D eigenvalue weighted by Crippen LogP contribution is -2.32. The minimum absolute atomic E-state index is 0.108. The number of hydrogen-bond donors (Lipinski definition) is 0. The van der Waals surface area contributed by atoms with Gasteiger partial charge in [0.1, 0.15) is 5.82 Å². The summed E-state index contributed by atoms with van der Waals surface area (Å²) in [6.07, 6.45) is 3.46. The molecule has 0 bridgehead atoms. The zero-order valence-electron chi connectivity index (χ0n) is 9.60. The number of anilines is 1. The summed E-state index contributed by atoms with van der Waals surface area (Å²) in [4.78, 5) is 17.8. The van der Waals surface area contributed by atoms with Crippen LogP contribution >= 0.6 is 0 Å². The van der Waals surface area contributed by atoms with Crippen molar-refractivity contribution >= 4 is 11.7 Å². The maximum atomic E-state index is 12.0. The summed E-state index contributed by atoms with van der Waals surface area (Å²) in [7, 11) is 1.78. The van der Waals surface area contributed by atoms with Crippen LogP contribution in [0.1, 0.15) is 26.7 Å². The summed E-state index contributed by atoms with van der Waals surface area (Å²) in [6.45, 7) is 4.08. The van der Waals surface area contributed by atoms with Crippen LogP contribution in [0.4, 0.5) is 5.82 Å². The average Bonchev–Trinajstić information content (AvgIpc) is 2.30. The Balaban J connectivity index is 2.76. The van der Waals surface area contributed by atoms with E-state index in [1.165, 1.54) is 0 Å². The van der Waals surface area contributed by atoms with Crippen molar-refractivity contribution in [2.24, 2.45) is 5.92 Å². The smallest absolute Gasteiger partial charge is 0.230 e. The summed E-state index contributed by atoms with van der Waals surface area (Å²) in [6, 6.07) is 5.58. The highest BCUT2D eigenvalue weighted by Crippen LogP contribution is 2.15. The van der Waals surface area contributed by atoms with Crippen molar-refractivity contribution in [2.45, 2.75) is 26.7 Å². The molecular weight excluding hydrogens is 188 g/mol. The molecule has 0 unspecified atom stereocenters. The lowest BCUT2D eigenvalue weighted by molar-refractivity contribution is -0.122. The summed E-state index contributed by atoms with van der Waals surface area (Å²) in [5.41, 5.74) is 0. The molecule has 1 aromatic rings. The molecule has 0 spiro atoms. The van der Waals surface area contributed by atoms with Crippen molar-refractivity contribution in [1.29, 1.82) is 0 Å². The van der Waals surface area contributed by atoms with E-state index in [4.69, 9.17) is 0 Å². The highest BCUT2D eigenvalue weighted by Gasteiger charge is 2.19. The van der Waals surface area contributed by atoms with E-state index in [9.17, 15) is 4.79 Å². The predicted molar refractivity (Wildman–Crippen MR) is 61.7 cm³/mol. The van der Waals surface area contributed by atoms with Crippen molar-refractivity contribution in [3.05, 3.63) is 24.4 Å². The Hall–Kier alpha value is -1.38. The zero-order chi connectivity index (χ0) is 11.3. The van der Waals surface area contributed by atoms with Gasteiger partial charge in [-0.3, -0.25) is 9.69 Å². The molecule has 0 atom stereocenters. The first-order valence-electron chi connectivity index (χ1n) is 5.39. The van der Waals surface area contributed by atoms with Gasteiger partial charge in [-0.25, -0.2) is 4.98 Å². The fourth-order valence-electron chi connectivity index (χ4n) is 1.58. The monoisotopic (exact) mass is 206 g/mol. The van der Waals surface area contributed by atoms with E-state index in [0.29, 0.717) is 0 Å². The predicted octanol–water partition coefficient (Wildman–Crippen LogP) is 2.48. The van der Waals surface area contributed by atoms with E-state index in [1.807, 2.05) is 32.0 Å². The van der Waals surface area contributed by atoms with Gasteiger partial charge in [0.2, 0.25) is 5.91 Å². The van der Waals surface area contributed by atoms with Gasteiger partial charge >= 0.3 is 0 Å². The Morgan fingerprint density at radius 2 is 2.07 bits per heavy atom. The highest BCUT2D eigenvalue weighted by molar-refractivity contribution is 5.93. The number of hydrogen-bond acceptors (Lipinski definition) is 2. The molecule has 1 heterocycles. The molecule has 82 valence electrons. The molecule has 1 rings (SSSR count). The number of pyridine rings is 1. The van der Waals surface area contributed by atoms with Crippen molar-refractivity contribution in [3.63, 3.8) is 0 Å². The largest absolute Gasteiger partial charge is 0.300 e. The fourth-order valence-corrected chi connectivity index (χ4v) is 1.58. The molecular formula is C12H18N2O. The standard InChI is InChI=1S/C12H18N2O/c1-4-10(5-2)12(15)14(3)11-8-6-7-9-13-11/h6-10H,4-5H2,1-3H3. The third-order valence-electron chi connectivity index (χ3n) is 2.66. The van der Waals surface area contributed by atoms with Crippen LogP contribution in [0.3, 0.4) is 0 Å². The first kappa shape index (κ1) is 11.7. The second-order valence-electron chi connectivity index (χ2n) is 3.60. The second kappa shape index (κ2) is 5.49. The molecule has 3 heteroatoms. The third kappa shape index (κ3) is 2.78. The molecule has 0 fully saturated rings. The number of amides is 1. The van der Waals surface area contributed by atoms with Gasteiger partial charge in [0.15, 0.2) is 0 Å². The van der Waals surface area contributed by atoms with E-state index in [-0.39, 0.29) is 11.8 Å². The minimum Gasteiger partial charge on any atom is -0.300 e. The van der Waals surface area contributed by atoms with Crippen molar-refractivity contribution < 1.29 is 4.79 Å². The molecule has 0 aliphatic heterocycles. The van der Waals surface area contributed by atoms with Gasteiger partial charge in [-0.05, 0) is 25.0 Å². The molecule has 0 radical (unpaired) electrons. The quantitative estimate of drug-likeness (QED) is 0.758. The molecule has 3 nitrogen and oxygen atoms in total. The van der Waals surface area contributed by atoms with E-state index < -0.39 is 0 Å². The van der Waals surface area contributed by atoms with Gasteiger partial charge in [-0.2, -0.15) is 0 Å². The molecule has 0 aliphatic rings. The summed E-state index contributed by atoms with van der Waals surface area (Å²) >= 11 is 0. The van der Waals surface area contributed by atoms with Crippen LogP contribution in [0.15, 0.2) is 24.4 Å². The Kier molecular flexibility index (Phi) is 4.28. The Morgan fingerprint density at radius 3 is 2.53 bits per heavy atom. The molecule has 15 heavy (non-hydrogen) atoms. The number of carbonyl (C=O) groups excluding carboxylic acids is 1. The molecule has 1 aromatic heterocycles. The van der Waals surface area contributed by atoms with Crippen LogP contribution in [0, 0.1) is 5.92 Å². The van der Waals surface area contributed by atoms with Crippen LogP contribution in [0.5, 0.6) is 0 Å². The first-order valence-corrected chi connectivity index (χ1v) is 5.39. The minimum atomic E-state index is 0.108.